The van der Waals surface area contributed by atoms with Crippen molar-refractivity contribution < 1.29 is 0 Å². The van der Waals surface area contributed by atoms with E-state index in [1.54, 1.807) is 0 Å². The highest BCUT2D eigenvalue weighted by molar-refractivity contribution is 6.33. The van der Waals surface area contributed by atoms with E-state index in [0.717, 1.165) is 41.7 Å². The van der Waals surface area contributed by atoms with Crippen molar-refractivity contribution in [2.24, 2.45) is 0 Å². The smallest absolute Gasteiger partial charge is 0.0439 e. The minimum Gasteiger partial charge on any atom is -0.315 e. The third kappa shape index (κ3) is 6.05. The summed E-state index contributed by atoms with van der Waals surface area (Å²) in [4.78, 5) is 0. The molecule has 0 saturated carbocycles. The molecular formula is C14H22Cl2N2. The maximum absolute atomic E-state index is 6.12. The summed E-state index contributed by atoms with van der Waals surface area (Å²) in [7, 11) is 0. The Morgan fingerprint density at radius 1 is 1.22 bits per heavy atom. The number of hydrogen-bond donors (Lipinski definition) is 2. The number of nitrogens with one attached hydrogen (secondary N) is 2. The molecule has 0 heterocycles. The van der Waals surface area contributed by atoms with E-state index in [4.69, 9.17) is 23.2 Å². The zero-order chi connectivity index (χ0) is 13.4. The molecule has 0 aliphatic heterocycles. The first kappa shape index (κ1) is 15.8. The van der Waals surface area contributed by atoms with Crippen LogP contribution in [0.4, 0.5) is 0 Å². The van der Waals surface area contributed by atoms with Crippen molar-refractivity contribution in [3.63, 3.8) is 0 Å². The first-order chi connectivity index (χ1) is 8.63. The van der Waals surface area contributed by atoms with Crippen LogP contribution in [0.5, 0.6) is 0 Å². The summed E-state index contributed by atoms with van der Waals surface area (Å²) in [6, 6.07) is 6.07. The van der Waals surface area contributed by atoms with Crippen LogP contribution >= 0.6 is 23.2 Å². The zero-order valence-corrected chi connectivity index (χ0v) is 12.6. The van der Waals surface area contributed by atoms with Crippen LogP contribution in [0.2, 0.25) is 10.0 Å². The molecule has 0 fully saturated rings. The molecule has 0 amide bonds. The molecule has 2 N–H and O–H groups in total. The van der Waals surface area contributed by atoms with E-state index in [1.807, 2.05) is 18.2 Å². The fourth-order valence-electron chi connectivity index (χ4n) is 1.76. The van der Waals surface area contributed by atoms with Crippen molar-refractivity contribution >= 4 is 23.2 Å². The van der Waals surface area contributed by atoms with Gasteiger partial charge in [0.05, 0.1) is 0 Å². The third-order valence-corrected chi connectivity index (χ3v) is 3.38. The van der Waals surface area contributed by atoms with Gasteiger partial charge in [-0.3, -0.25) is 0 Å². The van der Waals surface area contributed by atoms with E-state index in [0.29, 0.717) is 6.04 Å². The van der Waals surface area contributed by atoms with Gasteiger partial charge in [0.15, 0.2) is 0 Å². The molecule has 0 radical (unpaired) electrons. The second-order valence-corrected chi connectivity index (χ2v) is 5.39. The summed E-state index contributed by atoms with van der Waals surface area (Å²) in [6.45, 7) is 7.34. The van der Waals surface area contributed by atoms with Crippen LogP contribution in [0, 0.1) is 0 Å². The molecule has 0 spiro atoms. The predicted molar refractivity (Wildman–Crippen MR) is 80.8 cm³/mol. The van der Waals surface area contributed by atoms with Gasteiger partial charge in [-0.15, -0.1) is 0 Å². The Kier molecular flexibility index (Phi) is 7.68. The highest BCUT2D eigenvalue weighted by Crippen LogP contribution is 2.20. The van der Waals surface area contributed by atoms with Crippen LogP contribution in [0.3, 0.4) is 0 Å². The first-order valence-electron chi connectivity index (χ1n) is 6.51. The van der Waals surface area contributed by atoms with Crippen molar-refractivity contribution in [2.45, 2.75) is 32.7 Å². The van der Waals surface area contributed by atoms with Crippen molar-refractivity contribution in [1.82, 2.24) is 10.6 Å². The van der Waals surface area contributed by atoms with E-state index in [1.165, 1.54) is 6.42 Å². The molecule has 0 aliphatic carbocycles. The summed E-state index contributed by atoms with van der Waals surface area (Å²) in [5.41, 5.74) is 1.10. The molecule has 1 atom stereocenters. The quantitative estimate of drug-likeness (QED) is 0.716. The topological polar surface area (TPSA) is 24.1 Å². The van der Waals surface area contributed by atoms with Crippen LogP contribution < -0.4 is 10.6 Å². The lowest BCUT2D eigenvalue weighted by molar-refractivity contribution is 0.504. The Labute approximate surface area is 120 Å². The number of benzene rings is 1. The monoisotopic (exact) mass is 288 g/mol. The molecule has 0 saturated heterocycles. The normalized spacial score (nSPS) is 12.7. The Morgan fingerprint density at radius 3 is 2.72 bits per heavy atom. The lowest BCUT2D eigenvalue weighted by atomic mass is 10.1. The molecule has 102 valence electrons. The molecular weight excluding hydrogens is 267 g/mol. The standard InChI is InChI=1S/C14H22Cl2N2/c1-3-7-17-10-11(2)18-8-6-12-9-13(15)4-5-14(12)16/h4-5,9,11,17-18H,3,6-8,10H2,1-2H3. The Balaban J connectivity index is 2.26. The van der Waals surface area contributed by atoms with Gasteiger partial charge >= 0.3 is 0 Å². The summed E-state index contributed by atoms with van der Waals surface area (Å²) >= 11 is 12.1. The molecule has 2 nitrogen and oxygen atoms in total. The van der Waals surface area contributed by atoms with Gasteiger partial charge in [-0.05, 0) is 56.6 Å². The van der Waals surface area contributed by atoms with E-state index < -0.39 is 0 Å². The summed E-state index contributed by atoms with van der Waals surface area (Å²) in [6.07, 6.45) is 2.07. The SMILES string of the molecule is CCCNCC(C)NCCc1cc(Cl)ccc1Cl. The van der Waals surface area contributed by atoms with E-state index >= 15 is 0 Å². The van der Waals surface area contributed by atoms with Gasteiger partial charge in [-0.1, -0.05) is 30.1 Å². The molecule has 1 unspecified atom stereocenters. The van der Waals surface area contributed by atoms with Crippen LogP contribution in [0.1, 0.15) is 25.8 Å². The first-order valence-corrected chi connectivity index (χ1v) is 7.27. The third-order valence-electron chi connectivity index (χ3n) is 2.77. The summed E-state index contributed by atoms with van der Waals surface area (Å²) in [5, 5.41) is 8.40. The summed E-state index contributed by atoms with van der Waals surface area (Å²) in [5.74, 6) is 0. The molecule has 18 heavy (non-hydrogen) atoms. The Hall–Kier alpha value is -0.280. The average Bonchev–Trinajstić information content (AvgIpc) is 2.34. The second kappa shape index (κ2) is 8.76. The highest BCUT2D eigenvalue weighted by Gasteiger charge is 2.03. The molecule has 1 aromatic carbocycles. The lowest BCUT2D eigenvalue weighted by Crippen LogP contribution is -2.37. The van der Waals surface area contributed by atoms with Gasteiger partial charge in [0.25, 0.3) is 0 Å². The Bertz CT molecular complexity index is 356. The molecule has 0 aromatic heterocycles. The van der Waals surface area contributed by atoms with Gasteiger partial charge in [-0.2, -0.15) is 0 Å². The van der Waals surface area contributed by atoms with Crippen LogP contribution in [-0.4, -0.2) is 25.7 Å². The number of halogens is 2. The van der Waals surface area contributed by atoms with Gasteiger partial charge in [0.1, 0.15) is 0 Å². The molecule has 4 heteroatoms. The Morgan fingerprint density at radius 2 is 2.00 bits per heavy atom. The van der Waals surface area contributed by atoms with Crippen LogP contribution in [0.25, 0.3) is 0 Å². The fourth-order valence-corrected chi connectivity index (χ4v) is 2.16. The molecule has 1 aromatic rings. The maximum Gasteiger partial charge on any atom is 0.0439 e. The average molecular weight is 289 g/mol. The second-order valence-electron chi connectivity index (χ2n) is 4.55. The molecule has 0 aliphatic rings. The summed E-state index contributed by atoms with van der Waals surface area (Å²) < 4.78 is 0. The lowest BCUT2D eigenvalue weighted by Gasteiger charge is -2.14. The largest absolute Gasteiger partial charge is 0.315 e. The van der Waals surface area contributed by atoms with E-state index in [2.05, 4.69) is 24.5 Å². The maximum atomic E-state index is 6.12. The zero-order valence-electron chi connectivity index (χ0n) is 11.1. The van der Waals surface area contributed by atoms with Gasteiger partial charge in [0, 0.05) is 22.6 Å². The van der Waals surface area contributed by atoms with Crippen molar-refractivity contribution in [2.75, 3.05) is 19.6 Å². The van der Waals surface area contributed by atoms with Crippen molar-refractivity contribution in [3.8, 4) is 0 Å². The van der Waals surface area contributed by atoms with E-state index in [9.17, 15) is 0 Å². The van der Waals surface area contributed by atoms with Crippen LogP contribution in [-0.2, 0) is 6.42 Å². The van der Waals surface area contributed by atoms with Gasteiger partial charge in [0.2, 0.25) is 0 Å². The van der Waals surface area contributed by atoms with E-state index in [-0.39, 0.29) is 0 Å². The minimum atomic E-state index is 0.467. The number of rotatable bonds is 8. The van der Waals surface area contributed by atoms with Gasteiger partial charge in [-0.25, -0.2) is 0 Å². The van der Waals surface area contributed by atoms with Crippen molar-refractivity contribution in [1.29, 1.82) is 0 Å². The minimum absolute atomic E-state index is 0.467. The van der Waals surface area contributed by atoms with Crippen molar-refractivity contribution in [3.05, 3.63) is 33.8 Å². The molecule has 1 rings (SSSR count). The predicted octanol–water partition coefficient (Wildman–Crippen LogP) is 3.51. The molecule has 0 bridgehead atoms. The van der Waals surface area contributed by atoms with Crippen LogP contribution in [0.15, 0.2) is 18.2 Å². The highest BCUT2D eigenvalue weighted by atomic mass is 35.5. The fraction of sp³-hybridized carbons (Fsp3) is 0.571. The number of hydrogen-bond acceptors (Lipinski definition) is 2. The van der Waals surface area contributed by atoms with Gasteiger partial charge < -0.3 is 10.6 Å².